The molecule has 5 heteroatoms. The molecule has 0 aromatic heterocycles. The van der Waals surface area contributed by atoms with Gasteiger partial charge in [-0.1, -0.05) is 19.3 Å². The van der Waals surface area contributed by atoms with Crippen LogP contribution in [0, 0.1) is 11.3 Å². The van der Waals surface area contributed by atoms with Gasteiger partial charge in [0.05, 0.1) is 0 Å². The molecule has 4 rings (SSSR count). The molecule has 2 heterocycles. The quantitative estimate of drug-likeness (QED) is 0.663. The van der Waals surface area contributed by atoms with Crippen molar-refractivity contribution >= 4 is 6.09 Å². The number of piperidine rings is 1. The Morgan fingerprint density at radius 3 is 2.23 bits per heavy atom. The van der Waals surface area contributed by atoms with Crippen LogP contribution in [-0.4, -0.2) is 66.3 Å². The Labute approximate surface area is 190 Å². The number of rotatable bonds is 4. The van der Waals surface area contributed by atoms with Crippen molar-refractivity contribution in [3.8, 4) is 0 Å². The highest BCUT2D eigenvalue weighted by molar-refractivity contribution is 5.68. The summed E-state index contributed by atoms with van der Waals surface area (Å²) in [5.41, 5.74) is 0.195. The maximum absolute atomic E-state index is 12.0. The fourth-order valence-electron chi connectivity index (χ4n) is 6.73. The van der Waals surface area contributed by atoms with Gasteiger partial charge in [0, 0.05) is 25.2 Å². The zero-order chi connectivity index (χ0) is 21.9. The SMILES string of the molecule is CC(C)(C)OC(=O)NC1CCC(CN2CCC3(CCN(C4CCCCC4)CC3)C2)CC1. The highest BCUT2D eigenvalue weighted by atomic mass is 16.6. The predicted octanol–water partition coefficient (Wildman–Crippen LogP) is 5.19. The van der Waals surface area contributed by atoms with Gasteiger partial charge in [0.2, 0.25) is 0 Å². The van der Waals surface area contributed by atoms with E-state index in [-0.39, 0.29) is 6.09 Å². The van der Waals surface area contributed by atoms with Crippen molar-refractivity contribution in [2.45, 2.75) is 116 Å². The minimum Gasteiger partial charge on any atom is -0.444 e. The van der Waals surface area contributed by atoms with Crippen LogP contribution in [0.3, 0.4) is 0 Å². The summed E-state index contributed by atoms with van der Waals surface area (Å²) in [7, 11) is 0. The van der Waals surface area contributed by atoms with E-state index in [9.17, 15) is 4.79 Å². The van der Waals surface area contributed by atoms with Gasteiger partial charge in [0.1, 0.15) is 5.60 Å². The van der Waals surface area contributed by atoms with Gasteiger partial charge in [0.25, 0.3) is 0 Å². The Kier molecular flexibility index (Phi) is 7.52. The Morgan fingerprint density at radius 2 is 1.58 bits per heavy atom. The molecule has 178 valence electrons. The standard InChI is InChI=1S/C26H47N3O2/c1-25(2,3)31-24(30)27-22-11-9-21(10-12-22)19-28-16-13-26(20-28)14-17-29(18-15-26)23-7-5-4-6-8-23/h21-23H,4-20H2,1-3H3,(H,27,30). The van der Waals surface area contributed by atoms with Crippen LogP contribution < -0.4 is 5.32 Å². The van der Waals surface area contributed by atoms with Crippen LogP contribution in [0.15, 0.2) is 0 Å². The van der Waals surface area contributed by atoms with E-state index >= 15 is 0 Å². The first-order valence-corrected chi connectivity index (χ1v) is 13.3. The molecule has 1 amide bonds. The normalized spacial score (nSPS) is 31.1. The van der Waals surface area contributed by atoms with E-state index in [1.54, 1.807) is 0 Å². The number of ether oxygens (including phenoxy) is 1. The molecule has 2 aliphatic carbocycles. The minimum atomic E-state index is -0.417. The summed E-state index contributed by atoms with van der Waals surface area (Å²) in [4.78, 5) is 17.7. The topological polar surface area (TPSA) is 44.8 Å². The van der Waals surface area contributed by atoms with Gasteiger partial charge < -0.3 is 19.9 Å². The summed E-state index contributed by atoms with van der Waals surface area (Å²) in [6, 6.07) is 1.19. The third kappa shape index (κ3) is 6.60. The van der Waals surface area contributed by atoms with Crippen LogP contribution in [0.4, 0.5) is 4.79 Å². The highest BCUT2D eigenvalue weighted by Crippen LogP contribution is 2.42. The molecule has 2 saturated heterocycles. The second-order valence-electron chi connectivity index (χ2n) is 12.2. The maximum Gasteiger partial charge on any atom is 0.407 e. The van der Waals surface area contributed by atoms with Crippen LogP contribution in [-0.2, 0) is 4.74 Å². The molecular weight excluding hydrogens is 386 g/mol. The number of carbonyl (C=O) groups excluding carboxylic acids is 1. The Hall–Kier alpha value is -0.810. The number of amides is 1. The lowest BCUT2D eigenvalue weighted by Gasteiger charge is -2.44. The molecule has 0 unspecified atom stereocenters. The Morgan fingerprint density at radius 1 is 0.935 bits per heavy atom. The van der Waals surface area contributed by atoms with E-state index in [0.29, 0.717) is 11.5 Å². The van der Waals surface area contributed by atoms with Gasteiger partial charge >= 0.3 is 6.09 Å². The second kappa shape index (κ2) is 9.99. The third-order valence-corrected chi connectivity index (χ3v) is 8.55. The van der Waals surface area contributed by atoms with Crippen molar-refractivity contribution in [2.75, 3.05) is 32.7 Å². The highest BCUT2D eigenvalue weighted by Gasteiger charge is 2.42. The number of nitrogens with one attached hydrogen (secondary N) is 1. The first kappa shape index (κ1) is 23.4. The lowest BCUT2D eigenvalue weighted by molar-refractivity contribution is 0.0480. The van der Waals surface area contributed by atoms with Crippen LogP contribution in [0.25, 0.3) is 0 Å². The van der Waals surface area contributed by atoms with Gasteiger partial charge in [-0.15, -0.1) is 0 Å². The van der Waals surface area contributed by atoms with Gasteiger partial charge in [-0.3, -0.25) is 0 Å². The number of nitrogens with zero attached hydrogens (tertiary/aromatic N) is 2. The number of likely N-dealkylation sites (tertiary alicyclic amines) is 2. The van der Waals surface area contributed by atoms with Gasteiger partial charge in [-0.25, -0.2) is 4.79 Å². The molecular formula is C26H47N3O2. The molecule has 0 aromatic carbocycles. The van der Waals surface area contributed by atoms with E-state index in [0.717, 1.165) is 24.8 Å². The summed E-state index contributed by atoms with van der Waals surface area (Å²) in [5.74, 6) is 0.800. The second-order valence-corrected chi connectivity index (χ2v) is 12.2. The van der Waals surface area contributed by atoms with E-state index in [1.807, 2.05) is 20.8 Å². The monoisotopic (exact) mass is 433 g/mol. The summed E-state index contributed by atoms with van der Waals surface area (Å²) < 4.78 is 5.42. The molecule has 4 aliphatic rings. The van der Waals surface area contributed by atoms with Crippen molar-refractivity contribution in [1.82, 2.24) is 15.1 Å². The lowest BCUT2D eigenvalue weighted by Crippen LogP contribution is -2.47. The number of alkyl carbamates (subject to hydrolysis) is 1. The molecule has 5 nitrogen and oxygen atoms in total. The van der Waals surface area contributed by atoms with E-state index in [2.05, 4.69) is 15.1 Å². The zero-order valence-corrected chi connectivity index (χ0v) is 20.5. The summed E-state index contributed by atoms with van der Waals surface area (Å²) in [6.07, 6.45) is 15.9. The average Bonchev–Trinajstić information content (AvgIpc) is 3.11. The van der Waals surface area contributed by atoms with Crippen molar-refractivity contribution in [3.63, 3.8) is 0 Å². The summed E-state index contributed by atoms with van der Waals surface area (Å²) in [6.45, 7) is 12.4. The molecule has 0 radical (unpaired) electrons. The third-order valence-electron chi connectivity index (χ3n) is 8.55. The van der Waals surface area contributed by atoms with Crippen molar-refractivity contribution in [1.29, 1.82) is 0 Å². The average molecular weight is 434 g/mol. The lowest BCUT2D eigenvalue weighted by atomic mass is 9.77. The van der Waals surface area contributed by atoms with Crippen LogP contribution in [0.1, 0.15) is 97.8 Å². The predicted molar refractivity (Wildman–Crippen MR) is 126 cm³/mol. The van der Waals surface area contributed by atoms with Gasteiger partial charge in [-0.2, -0.15) is 0 Å². The minimum absolute atomic E-state index is 0.253. The number of carbonyl (C=O) groups is 1. The van der Waals surface area contributed by atoms with E-state index in [4.69, 9.17) is 4.74 Å². The summed E-state index contributed by atoms with van der Waals surface area (Å²) >= 11 is 0. The van der Waals surface area contributed by atoms with Gasteiger partial charge in [0.15, 0.2) is 0 Å². The van der Waals surface area contributed by atoms with Gasteiger partial charge in [-0.05, 0) is 110 Å². The molecule has 0 aromatic rings. The number of hydrogen-bond acceptors (Lipinski definition) is 4. The Balaban J connectivity index is 1.15. The van der Waals surface area contributed by atoms with Crippen LogP contribution in [0.5, 0.6) is 0 Å². The molecule has 31 heavy (non-hydrogen) atoms. The van der Waals surface area contributed by atoms with Crippen molar-refractivity contribution < 1.29 is 9.53 Å². The zero-order valence-electron chi connectivity index (χ0n) is 20.5. The van der Waals surface area contributed by atoms with Crippen LogP contribution in [0.2, 0.25) is 0 Å². The molecule has 0 atom stereocenters. The molecule has 4 fully saturated rings. The van der Waals surface area contributed by atoms with Crippen molar-refractivity contribution in [2.24, 2.45) is 11.3 Å². The molecule has 1 spiro atoms. The maximum atomic E-state index is 12.0. The van der Waals surface area contributed by atoms with Crippen LogP contribution >= 0.6 is 0 Å². The van der Waals surface area contributed by atoms with Crippen molar-refractivity contribution in [3.05, 3.63) is 0 Å². The molecule has 2 saturated carbocycles. The van der Waals surface area contributed by atoms with E-state index in [1.165, 1.54) is 96.9 Å². The summed E-state index contributed by atoms with van der Waals surface area (Å²) in [5, 5.41) is 3.09. The Bertz CT molecular complexity index is 580. The molecule has 1 N–H and O–H groups in total. The fraction of sp³-hybridized carbons (Fsp3) is 0.962. The smallest absolute Gasteiger partial charge is 0.407 e. The molecule has 0 bridgehead atoms. The first-order valence-electron chi connectivity index (χ1n) is 13.3. The largest absolute Gasteiger partial charge is 0.444 e. The van der Waals surface area contributed by atoms with E-state index < -0.39 is 5.60 Å². The molecule has 2 aliphatic heterocycles. The fourth-order valence-corrected chi connectivity index (χ4v) is 6.73. The number of hydrogen-bond donors (Lipinski definition) is 1. The first-order chi connectivity index (χ1) is 14.8.